The van der Waals surface area contributed by atoms with Gasteiger partial charge in [-0.05, 0) is 39.3 Å². The summed E-state index contributed by atoms with van der Waals surface area (Å²) in [4.78, 5) is 2.50. The first-order valence-electron chi connectivity index (χ1n) is 7.63. The molecule has 1 N–H and O–H groups in total. The molecule has 0 aliphatic rings. The highest BCUT2D eigenvalue weighted by Gasteiger charge is 2.21. The largest absolute Gasteiger partial charge is 0.310 e. The standard InChI is InChI=1S/C18H30N2/c1-6-13-20(14-7-2)17(15-19-18(3,4)5)16-11-9-8-10-12-16/h6,8-12,17,19H,1,7,13-15H2,2-5H3. The van der Waals surface area contributed by atoms with Crippen LogP contribution in [0.25, 0.3) is 0 Å². The van der Waals surface area contributed by atoms with Crippen molar-refractivity contribution in [3.8, 4) is 0 Å². The molecule has 0 saturated heterocycles. The third-order valence-electron chi connectivity index (χ3n) is 3.33. The Morgan fingerprint density at radius 1 is 1.25 bits per heavy atom. The van der Waals surface area contributed by atoms with Gasteiger partial charge in [-0.15, -0.1) is 6.58 Å². The lowest BCUT2D eigenvalue weighted by atomic mass is 10.0. The molecular formula is C18H30N2. The van der Waals surface area contributed by atoms with Crippen LogP contribution in [0.15, 0.2) is 43.0 Å². The van der Waals surface area contributed by atoms with Crippen molar-refractivity contribution in [2.24, 2.45) is 0 Å². The predicted molar refractivity (Wildman–Crippen MR) is 89.0 cm³/mol. The number of rotatable bonds is 8. The summed E-state index contributed by atoms with van der Waals surface area (Å²) in [6.45, 7) is 15.8. The van der Waals surface area contributed by atoms with Crippen molar-refractivity contribution in [1.82, 2.24) is 10.2 Å². The minimum atomic E-state index is 0.138. The van der Waals surface area contributed by atoms with Crippen molar-refractivity contribution in [3.05, 3.63) is 48.6 Å². The van der Waals surface area contributed by atoms with Crippen molar-refractivity contribution in [3.63, 3.8) is 0 Å². The number of hydrogen-bond donors (Lipinski definition) is 1. The Kier molecular flexibility index (Phi) is 6.97. The van der Waals surface area contributed by atoms with Gasteiger partial charge in [-0.1, -0.05) is 43.3 Å². The lowest BCUT2D eigenvalue weighted by Gasteiger charge is -2.34. The van der Waals surface area contributed by atoms with Crippen molar-refractivity contribution < 1.29 is 0 Å². The fraction of sp³-hybridized carbons (Fsp3) is 0.556. The highest BCUT2D eigenvalue weighted by atomic mass is 15.2. The normalized spacial score (nSPS) is 13.4. The summed E-state index contributed by atoms with van der Waals surface area (Å²) >= 11 is 0. The average Bonchev–Trinajstić information content (AvgIpc) is 2.39. The third kappa shape index (κ3) is 5.89. The second-order valence-electron chi connectivity index (χ2n) is 6.34. The average molecular weight is 274 g/mol. The molecule has 0 aliphatic carbocycles. The molecule has 1 aromatic carbocycles. The Hall–Kier alpha value is -1.12. The summed E-state index contributed by atoms with van der Waals surface area (Å²) in [7, 11) is 0. The lowest BCUT2D eigenvalue weighted by Crippen LogP contribution is -2.43. The molecule has 20 heavy (non-hydrogen) atoms. The van der Waals surface area contributed by atoms with Crippen LogP contribution < -0.4 is 5.32 Å². The highest BCUT2D eigenvalue weighted by Crippen LogP contribution is 2.21. The van der Waals surface area contributed by atoms with Gasteiger partial charge in [-0.25, -0.2) is 0 Å². The molecule has 1 unspecified atom stereocenters. The van der Waals surface area contributed by atoms with E-state index in [1.807, 2.05) is 6.08 Å². The Morgan fingerprint density at radius 2 is 1.90 bits per heavy atom. The molecule has 1 aromatic rings. The summed E-state index contributed by atoms with van der Waals surface area (Å²) in [6.07, 6.45) is 3.16. The van der Waals surface area contributed by atoms with Gasteiger partial charge in [-0.2, -0.15) is 0 Å². The number of nitrogens with zero attached hydrogens (tertiary/aromatic N) is 1. The van der Waals surface area contributed by atoms with E-state index in [-0.39, 0.29) is 5.54 Å². The molecule has 1 rings (SSSR count). The quantitative estimate of drug-likeness (QED) is 0.720. The fourth-order valence-electron chi connectivity index (χ4n) is 2.36. The van der Waals surface area contributed by atoms with E-state index in [0.717, 1.165) is 26.1 Å². The van der Waals surface area contributed by atoms with E-state index in [2.05, 4.69) is 74.8 Å². The molecule has 112 valence electrons. The van der Waals surface area contributed by atoms with Crippen molar-refractivity contribution in [1.29, 1.82) is 0 Å². The van der Waals surface area contributed by atoms with Crippen LogP contribution in [0.5, 0.6) is 0 Å². The molecule has 2 nitrogen and oxygen atoms in total. The summed E-state index contributed by atoms with van der Waals surface area (Å²) in [6, 6.07) is 11.2. The third-order valence-corrected chi connectivity index (χ3v) is 3.33. The molecule has 0 amide bonds. The van der Waals surface area contributed by atoms with Crippen LogP contribution in [0, 0.1) is 0 Å². The second kappa shape index (κ2) is 8.23. The first-order chi connectivity index (χ1) is 9.48. The van der Waals surface area contributed by atoms with Crippen LogP contribution in [-0.2, 0) is 0 Å². The monoisotopic (exact) mass is 274 g/mol. The molecule has 0 saturated carbocycles. The Balaban J connectivity index is 2.90. The smallest absolute Gasteiger partial charge is 0.0476 e. The van der Waals surface area contributed by atoms with Gasteiger partial charge in [0.25, 0.3) is 0 Å². The summed E-state index contributed by atoms with van der Waals surface area (Å²) in [5.41, 5.74) is 1.51. The zero-order valence-corrected chi connectivity index (χ0v) is 13.5. The van der Waals surface area contributed by atoms with Crippen molar-refractivity contribution >= 4 is 0 Å². The van der Waals surface area contributed by atoms with Gasteiger partial charge in [0, 0.05) is 24.7 Å². The minimum Gasteiger partial charge on any atom is -0.310 e. The molecule has 0 radical (unpaired) electrons. The summed E-state index contributed by atoms with van der Waals surface area (Å²) in [5, 5.41) is 3.64. The van der Waals surface area contributed by atoms with Gasteiger partial charge in [0.05, 0.1) is 0 Å². The molecule has 0 bridgehead atoms. The molecular weight excluding hydrogens is 244 g/mol. The zero-order valence-electron chi connectivity index (χ0n) is 13.5. The molecule has 0 fully saturated rings. The van der Waals surface area contributed by atoms with Crippen LogP contribution in [0.3, 0.4) is 0 Å². The van der Waals surface area contributed by atoms with Crippen LogP contribution in [-0.4, -0.2) is 30.1 Å². The predicted octanol–water partition coefficient (Wildman–Crippen LogP) is 4.01. The molecule has 0 aromatic heterocycles. The highest BCUT2D eigenvalue weighted by molar-refractivity contribution is 5.20. The molecule has 0 spiro atoms. The molecule has 1 atom stereocenters. The van der Waals surface area contributed by atoms with E-state index < -0.39 is 0 Å². The van der Waals surface area contributed by atoms with Gasteiger partial charge in [0.2, 0.25) is 0 Å². The first-order valence-corrected chi connectivity index (χ1v) is 7.63. The van der Waals surface area contributed by atoms with Crippen molar-refractivity contribution in [2.75, 3.05) is 19.6 Å². The SMILES string of the molecule is C=CCN(CCC)C(CNC(C)(C)C)c1ccccc1. The molecule has 2 heteroatoms. The number of nitrogens with one attached hydrogen (secondary N) is 1. The van der Waals surface area contributed by atoms with Crippen LogP contribution in [0.4, 0.5) is 0 Å². The van der Waals surface area contributed by atoms with Crippen LogP contribution in [0.2, 0.25) is 0 Å². The Bertz CT molecular complexity index is 378. The van der Waals surface area contributed by atoms with Gasteiger partial charge in [0.1, 0.15) is 0 Å². The van der Waals surface area contributed by atoms with E-state index in [1.54, 1.807) is 0 Å². The Morgan fingerprint density at radius 3 is 2.40 bits per heavy atom. The topological polar surface area (TPSA) is 15.3 Å². The van der Waals surface area contributed by atoms with E-state index in [1.165, 1.54) is 5.56 Å². The van der Waals surface area contributed by atoms with E-state index >= 15 is 0 Å². The summed E-state index contributed by atoms with van der Waals surface area (Å²) in [5.74, 6) is 0. The number of benzene rings is 1. The maximum Gasteiger partial charge on any atom is 0.0476 e. The van der Waals surface area contributed by atoms with E-state index in [4.69, 9.17) is 0 Å². The lowest BCUT2D eigenvalue weighted by molar-refractivity contribution is 0.202. The fourth-order valence-corrected chi connectivity index (χ4v) is 2.36. The second-order valence-corrected chi connectivity index (χ2v) is 6.34. The van der Waals surface area contributed by atoms with Crippen LogP contribution >= 0.6 is 0 Å². The Labute approximate surface area is 124 Å². The van der Waals surface area contributed by atoms with E-state index in [0.29, 0.717) is 6.04 Å². The van der Waals surface area contributed by atoms with Gasteiger partial charge >= 0.3 is 0 Å². The van der Waals surface area contributed by atoms with Crippen molar-refractivity contribution in [2.45, 2.75) is 45.7 Å². The minimum absolute atomic E-state index is 0.138. The van der Waals surface area contributed by atoms with Gasteiger partial charge in [0.15, 0.2) is 0 Å². The van der Waals surface area contributed by atoms with Crippen LogP contribution in [0.1, 0.15) is 45.7 Å². The maximum atomic E-state index is 3.91. The van der Waals surface area contributed by atoms with Gasteiger partial charge < -0.3 is 5.32 Å². The number of hydrogen-bond acceptors (Lipinski definition) is 2. The molecule has 0 aliphatic heterocycles. The van der Waals surface area contributed by atoms with E-state index in [9.17, 15) is 0 Å². The van der Waals surface area contributed by atoms with Gasteiger partial charge in [-0.3, -0.25) is 4.90 Å². The first kappa shape index (κ1) is 16.9. The maximum absolute atomic E-state index is 3.91. The zero-order chi connectivity index (χ0) is 15.0. The summed E-state index contributed by atoms with van der Waals surface area (Å²) < 4.78 is 0. The molecule has 0 heterocycles.